The molecule has 0 spiro atoms. The van der Waals surface area contributed by atoms with Gasteiger partial charge in [0, 0.05) is 12.1 Å². The van der Waals surface area contributed by atoms with Gasteiger partial charge in [-0.3, -0.25) is 0 Å². The van der Waals surface area contributed by atoms with Gasteiger partial charge in [0.05, 0.1) is 6.26 Å². The Morgan fingerprint density at radius 3 is 2.67 bits per heavy atom. The molecule has 0 radical (unpaired) electrons. The van der Waals surface area contributed by atoms with Gasteiger partial charge in [-0.2, -0.15) is 0 Å². The third-order valence-corrected chi connectivity index (χ3v) is 0.781. The summed E-state index contributed by atoms with van der Waals surface area (Å²) in [5.74, 6) is 0. The predicted molar refractivity (Wildman–Crippen MR) is 23.1 cm³/mol. The fraction of sp³-hybridized carbons (Fsp3) is 0.500. The molecule has 0 atom stereocenters. The summed E-state index contributed by atoms with van der Waals surface area (Å²) in [6.45, 7) is 1.40. The zero-order chi connectivity index (χ0) is 4.41. The molecule has 0 aromatic rings. The standard InChI is InChI=1S/C4H7NO/c5-1-4-2-6-3-4/h2H,1,3,5H2. The minimum Gasteiger partial charge on any atom is -0.497 e. The molecule has 2 nitrogen and oxygen atoms in total. The van der Waals surface area contributed by atoms with Crippen LogP contribution in [0.4, 0.5) is 0 Å². The van der Waals surface area contributed by atoms with Crippen molar-refractivity contribution >= 4 is 0 Å². The van der Waals surface area contributed by atoms with Crippen LogP contribution in [0, 0.1) is 0 Å². The molecule has 34 valence electrons. The second-order valence-corrected chi connectivity index (χ2v) is 1.29. The van der Waals surface area contributed by atoms with Crippen LogP contribution in [-0.2, 0) is 4.74 Å². The maximum atomic E-state index is 5.19. The first-order valence-electron chi connectivity index (χ1n) is 1.93. The van der Waals surface area contributed by atoms with Crippen LogP contribution in [0.5, 0.6) is 0 Å². The van der Waals surface area contributed by atoms with Gasteiger partial charge in [-0.05, 0) is 0 Å². The van der Waals surface area contributed by atoms with E-state index in [1.54, 1.807) is 6.26 Å². The second kappa shape index (κ2) is 1.30. The molecule has 1 aliphatic heterocycles. The molecule has 0 amide bonds. The molecule has 6 heavy (non-hydrogen) atoms. The van der Waals surface area contributed by atoms with Crippen molar-refractivity contribution in [2.24, 2.45) is 5.73 Å². The zero-order valence-electron chi connectivity index (χ0n) is 3.48. The van der Waals surface area contributed by atoms with E-state index in [1.165, 1.54) is 5.57 Å². The van der Waals surface area contributed by atoms with Gasteiger partial charge in [-0.25, -0.2) is 0 Å². The Bertz CT molecular complexity index is 77.6. The van der Waals surface area contributed by atoms with E-state index in [2.05, 4.69) is 4.74 Å². The quantitative estimate of drug-likeness (QED) is 0.481. The molecule has 0 aromatic carbocycles. The largest absolute Gasteiger partial charge is 0.497 e. The summed E-state index contributed by atoms with van der Waals surface area (Å²) in [5, 5.41) is 0. The summed E-state index contributed by atoms with van der Waals surface area (Å²) in [5.41, 5.74) is 6.39. The predicted octanol–water partition coefficient (Wildman–Crippen LogP) is -0.141. The molecule has 0 aromatic heterocycles. The Morgan fingerprint density at radius 1 is 2.00 bits per heavy atom. The molecule has 1 rings (SSSR count). The van der Waals surface area contributed by atoms with E-state index in [0.717, 1.165) is 6.61 Å². The van der Waals surface area contributed by atoms with Gasteiger partial charge in [0.2, 0.25) is 0 Å². The third kappa shape index (κ3) is 0.389. The minimum absolute atomic E-state index is 0.653. The van der Waals surface area contributed by atoms with E-state index >= 15 is 0 Å². The van der Waals surface area contributed by atoms with E-state index < -0.39 is 0 Å². The summed E-state index contributed by atoms with van der Waals surface area (Å²) in [6, 6.07) is 0. The van der Waals surface area contributed by atoms with Gasteiger partial charge in [-0.1, -0.05) is 0 Å². The van der Waals surface area contributed by atoms with Crippen molar-refractivity contribution in [1.82, 2.24) is 0 Å². The minimum atomic E-state index is 0.653. The first kappa shape index (κ1) is 3.68. The van der Waals surface area contributed by atoms with Gasteiger partial charge in [0.25, 0.3) is 0 Å². The Labute approximate surface area is 36.6 Å². The van der Waals surface area contributed by atoms with Gasteiger partial charge in [0.15, 0.2) is 0 Å². The Balaban J connectivity index is 2.32. The van der Waals surface area contributed by atoms with Crippen molar-refractivity contribution in [2.45, 2.75) is 0 Å². The van der Waals surface area contributed by atoms with Crippen molar-refractivity contribution in [3.63, 3.8) is 0 Å². The molecule has 2 N–H and O–H groups in total. The van der Waals surface area contributed by atoms with Crippen LogP contribution in [-0.4, -0.2) is 13.2 Å². The molecular formula is C4H7NO. The molecule has 0 fully saturated rings. The average molecular weight is 85.1 g/mol. The summed E-state index contributed by atoms with van der Waals surface area (Å²) in [7, 11) is 0. The van der Waals surface area contributed by atoms with E-state index in [9.17, 15) is 0 Å². The Morgan fingerprint density at radius 2 is 2.67 bits per heavy atom. The van der Waals surface area contributed by atoms with Crippen LogP contribution in [0.1, 0.15) is 0 Å². The molecule has 2 heteroatoms. The number of hydrogen-bond donors (Lipinski definition) is 1. The number of nitrogens with two attached hydrogens (primary N) is 1. The van der Waals surface area contributed by atoms with Crippen LogP contribution in [0.25, 0.3) is 0 Å². The number of rotatable bonds is 1. The van der Waals surface area contributed by atoms with Gasteiger partial charge >= 0.3 is 0 Å². The summed E-state index contributed by atoms with van der Waals surface area (Å²) >= 11 is 0. The fourth-order valence-electron chi connectivity index (χ4n) is 0.308. The highest BCUT2D eigenvalue weighted by molar-refractivity contribution is 5.06. The Kier molecular flexibility index (Phi) is 0.801. The van der Waals surface area contributed by atoms with Crippen molar-refractivity contribution in [1.29, 1.82) is 0 Å². The first-order valence-corrected chi connectivity index (χ1v) is 1.93. The summed E-state index contributed by atoms with van der Waals surface area (Å²) < 4.78 is 4.68. The second-order valence-electron chi connectivity index (χ2n) is 1.29. The van der Waals surface area contributed by atoms with E-state index in [0.29, 0.717) is 6.54 Å². The van der Waals surface area contributed by atoms with Crippen molar-refractivity contribution < 1.29 is 4.74 Å². The highest BCUT2D eigenvalue weighted by atomic mass is 16.5. The van der Waals surface area contributed by atoms with Crippen LogP contribution in [0.2, 0.25) is 0 Å². The third-order valence-electron chi connectivity index (χ3n) is 0.781. The first-order chi connectivity index (χ1) is 2.93. The van der Waals surface area contributed by atoms with E-state index in [4.69, 9.17) is 5.73 Å². The maximum absolute atomic E-state index is 5.19. The van der Waals surface area contributed by atoms with Crippen LogP contribution < -0.4 is 5.73 Å². The van der Waals surface area contributed by atoms with Gasteiger partial charge < -0.3 is 10.5 Å². The smallest absolute Gasteiger partial charge is 0.113 e. The lowest BCUT2D eigenvalue weighted by molar-refractivity contribution is 0.222. The number of hydrogen-bond acceptors (Lipinski definition) is 2. The van der Waals surface area contributed by atoms with Crippen LogP contribution in [0.3, 0.4) is 0 Å². The lowest BCUT2D eigenvalue weighted by Gasteiger charge is -2.12. The van der Waals surface area contributed by atoms with E-state index in [-0.39, 0.29) is 0 Å². The summed E-state index contributed by atoms with van der Waals surface area (Å²) in [4.78, 5) is 0. The molecule has 0 aliphatic carbocycles. The van der Waals surface area contributed by atoms with Crippen LogP contribution >= 0.6 is 0 Å². The Hall–Kier alpha value is -0.500. The molecule has 1 aliphatic rings. The lowest BCUT2D eigenvalue weighted by Crippen LogP contribution is -2.14. The normalized spacial score (nSPS) is 17.8. The van der Waals surface area contributed by atoms with E-state index in [1.807, 2.05) is 0 Å². The summed E-state index contributed by atoms with van der Waals surface area (Å²) in [6.07, 6.45) is 1.69. The molecule has 1 heterocycles. The highest BCUT2D eigenvalue weighted by Gasteiger charge is 2.01. The van der Waals surface area contributed by atoms with Crippen molar-refractivity contribution in [2.75, 3.05) is 13.2 Å². The van der Waals surface area contributed by atoms with Crippen LogP contribution in [0.15, 0.2) is 11.8 Å². The zero-order valence-corrected chi connectivity index (χ0v) is 3.48. The lowest BCUT2D eigenvalue weighted by atomic mass is 10.3. The maximum Gasteiger partial charge on any atom is 0.113 e. The molecule has 0 saturated carbocycles. The van der Waals surface area contributed by atoms with Gasteiger partial charge in [-0.15, -0.1) is 0 Å². The topological polar surface area (TPSA) is 35.2 Å². The van der Waals surface area contributed by atoms with Crippen molar-refractivity contribution in [3.05, 3.63) is 11.8 Å². The number of ether oxygens (including phenoxy) is 1. The molecule has 0 unspecified atom stereocenters. The monoisotopic (exact) mass is 85.1 g/mol. The molecule has 0 bridgehead atoms. The molecule has 0 saturated heterocycles. The molecular weight excluding hydrogens is 78.0 g/mol. The SMILES string of the molecule is NCC1=COC1. The van der Waals surface area contributed by atoms with Crippen molar-refractivity contribution in [3.8, 4) is 0 Å². The fourth-order valence-corrected chi connectivity index (χ4v) is 0.308. The highest BCUT2D eigenvalue weighted by Crippen LogP contribution is 2.02. The average Bonchev–Trinajstić information content (AvgIpc) is 1.31. The van der Waals surface area contributed by atoms with Gasteiger partial charge in [0.1, 0.15) is 6.61 Å².